The molecule has 0 aromatic heterocycles. The van der Waals surface area contributed by atoms with E-state index in [1.807, 2.05) is 0 Å². The normalized spacial score (nSPS) is 0. The average Bonchev–Trinajstić information content (AvgIpc) is 0. The van der Waals surface area contributed by atoms with Crippen LogP contribution in [0.2, 0.25) is 0 Å². The number of hydrogen-bond acceptors (Lipinski definition) is 4. The van der Waals surface area contributed by atoms with Crippen molar-refractivity contribution in [1.82, 2.24) is 24.6 Å². The molecule has 5 heavy (non-hydrogen) atoms. The second kappa shape index (κ2) is 405. The van der Waals surface area contributed by atoms with E-state index in [2.05, 4.69) is 0 Å². The summed E-state index contributed by atoms with van der Waals surface area (Å²) in [6.07, 6.45) is 0. The van der Waals surface area contributed by atoms with Crippen LogP contribution in [0.4, 0.5) is 0 Å². The van der Waals surface area contributed by atoms with Gasteiger partial charge in [-0.05, 0) is 0 Å². The summed E-state index contributed by atoms with van der Waals surface area (Å²) in [7, 11) is 0. The summed E-state index contributed by atoms with van der Waals surface area (Å²) < 4.78 is 0. The van der Waals surface area contributed by atoms with Crippen LogP contribution in [0.5, 0.6) is 0 Å². The van der Waals surface area contributed by atoms with Gasteiger partial charge in [-0.3, -0.25) is 0 Å². The molecule has 0 amide bonds. The van der Waals surface area contributed by atoms with E-state index >= 15 is 0 Å². The summed E-state index contributed by atoms with van der Waals surface area (Å²) in [6, 6.07) is 0. The van der Waals surface area contributed by atoms with Gasteiger partial charge < -0.3 is 24.6 Å². The fourth-order valence-electron chi connectivity index (χ4n) is 0. The van der Waals surface area contributed by atoms with Crippen molar-refractivity contribution in [3.63, 3.8) is 0 Å². The molecule has 38 valence electrons. The van der Waals surface area contributed by atoms with E-state index in [0.29, 0.717) is 0 Å². The van der Waals surface area contributed by atoms with Crippen LogP contribution in [0.3, 0.4) is 0 Å². The topological polar surface area (TPSA) is 140 Å². The first kappa shape index (κ1) is 841. The Labute approximate surface area is 42.2 Å². The van der Waals surface area contributed by atoms with Crippen molar-refractivity contribution >= 4 is 0 Å². The zero-order valence-corrected chi connectivity index (χ0v) is 4.20. The van der Waals surface area contributed by atoms with Crippen LogP contribution in [-0.4, -0.2) is 0 Å². The molecule has 0 aliphatic rings. The first-order chi connectivity index (χ1) is 0. The molecule has 0 saturated heterocycles. The third kappa shape index (κ3) is 199. The van der Waals surface area contributed by atoms with Crippen molar-refractivity contribution in [2.75, 3.05) is 0 Å². The van der Waals surface area contributed by atoms with Crippen LogP contribution in [0.15, 0.2) is 0 Å². The Kier molecular flexibility index (Phi) is 68200. The van der Waals surface area contributed by atoms with Crippen molar-refractivity contribution in [2.45, 2.75) is 0 Å². The van der Waals surface area contributed by atoms with Gasteiger partial charge in [0.05, 0.1) is 0 Å². The van der Waals surface area contributed by atoms with Gasteiger partial charge in [0, 0.05) is 0 Å². The summed E-state index contributed by atoms with van der Waals surface area (Å²) in [5.41, 5.74) is 0. The predicted molar refractivity (Wildman–Crippen MR) is 20.1 cm³/mol. The molecule has 0 saturated carbocycles. The summed E-state index contributed by atoms with van der Waals surface area (Å²) in [5.74, 6) is 0. The minimum atomic E-state index is 0. The Morgan fingerprint density at radius 2 is 0.400 bits per heavy atom. The molecular weight excluding hydrogens is 115 g/mol. The van der Waals surface area contributed by atoms with E-state index in [9.17, 15) is 0 Å². The molecule has 0 aliphatic heterocycles. The van der Waals surface area contributed by atoms with Gasteiger partial charge in [0.25, 0.3) is 0 Å². The fraction of sp³-hybridized carbons (Fsp3) is 0. The van der Waals surface area contributed by atoms with Gasteiger partial charge in [-0.1, -0.05) is 0 Å². The van der Waals surface area contributed by atoms with E-state index in [1.165, 1.54) is 0 Å². The van der Waals surface area contributed by atoms with Crippen molar-refractivity contribution in [3.8, 4) is 0 Å². The van der Waals surface area contributed by atoms with Crippen molar-refractivity contribution in [1.29, 1.82) is 0 Å². The first-order valence-electron chi connectivity index (χ1n) is 0. The van der Waals surface area contributed by atoms with Crippen LogP contribution in [0.25, 0.3) is 0 Å². The molecule has 0 aliphatic carbocycles. The molecule has 0 atom stereocenters. The van der Waals surface area contributed by atoms with Gasteiger partial charge in [0.2, 0.25) is 0 Å². The van der Waals surface area contributed by atoms with Gasteiger partial charge in [-0.25, -0.2) is 0 Å². The Balaban J connectivity index is 0. The molecule has 0 aromatic rings. The van der Waals surface area contributed by atoms with Crippen LogP contribution in [-0.2, 0) is 16.8 Å². The molecule has 0 unspecified atom stereocenters. The predicted octanol–water partition coefficient (Wildman–Crippen LogP) is 0.645. The quantitative estimate of drug-likeness (QED) is 0.379. The van der Waals surface area contributed by atoms with Crippen LogP contribution in [0, 0.1) is 0 Å². The maximum Gasteiger partial charge on any atom is 3.00 e. The molecule has 0 rings (SSSR count). The maximum atomic E-state index is 0. The van der Waals surface area contributed by atoms with Gasteiger partial charge in [-0.2, -0.15) is 0 Å². The molecule has 0 fully saturated rings. The minimum Gasteiger partial charge on any atom is -0.344 e. The van der Waals surface area contributed by atoms with Crippen LogP contribution in [0.1, 0.15) is 0 Å². The second-order valence-electron chi connectivity index (χ2n) is 0. The smallest absolute Gasteiger partial charge is 0.344 e. The van der Waals surface area contributed by atoms with Crippen molar-refractivity contribution < 1.29 is 16.8 Å². The third-order valence-electron chi connectivity index (χ3n) is 0. The SMILES string of the molecule is N.N.N.N.[Co+3]. The molecule has 0 aromatic carbocycles. The van der Waals surface area contributed by atoms with Gasteiger partial charge in [0.1, 0.15) is 0 Å². The minimum absolute atomic E-state index is 0. The Bertz CT molecular complexity index is 3.61. The summed E-state index contributed by atoms with van der Waals surface area (Å²) in [5, 5.41) is 0. The van der Waals surface area contributed by atoms with E-state index in [4.69, 9.17) is 0 Å². The standard InChI is InChI=1S/Co.4H3N/h;4*1H3/q+3;;;;. The monoisotopic (exact) mass is 127 g/mol. The molecule has 0 bridgehead atoms. The average molecular weight is 127 g/mol. The fourth-order valence-corrected chi connectivity index (χ4v) is 0. The van der Waals surface area contributed by atoms with Crippen LogP contribution >= 0.6 is 0 Å². The largest absolute Gasteiger partial charge is 3.00 e. The van der Waals surface area contributed by atoms with Crippen molar-refractivity contribution in [3.05, 3.63) is 0 Å². The van der Waals surface area contributed by atoms with Gasteiger partial charge in [0.15, 0.2) is 0 Å². The zero-order chi connectivity index (χ0) is 0. The van der Waals surface area contributed by atoms with E-state index in [-0.39, 0.29) is 41.4 Å². The molecular formula is H12CoN4+3. The van der Waals surface area contributed by atoms with Crippen molar-refractivity contribution in [2.24, 2.45) is 0 Å². The number of rotatable bonds is 0. The Morgan fingerprint density at radius 3 is 0.400 bits per heavy atom. The van der Waals surface area contributed by atoms with Gasteiger partial charge in [-0.15, -0.1) is 0 Å². The Morgan fingerprint density at radius 1 is 0.400 bits per heavy atom. The maximum absolute atomic E-state index is 0. The van der Waals surface area contributed by atoms with E-state index in [0.717, 1.165) is 0 Å². The van der Waals surface area contributed by atoms with Crippen LogP contribution < -0.4 is 24.6 Å². The second-order valence-corrected chi connectivity index (χ2v) is 0. The molecule has 5 heteroatoms. The Hall–Kier alpha value is 0.346. The summed E-state index contributed by atoms with van der Waals surface area (Å²) in [4.78, 5) is 0. The first-order valence-corrected chi connectivity index (χ1v) is 0. The van der Waals surface area contributed by atoms with Gasteiger partial charge >= 0.3 is 16.8 Å². The van der Waals surface area contributed by atoms with E-state index < -0.39 is 0 Å². The summed E-state index contributed by atoms with van der Waals surface area (Å²) >= 11 is 0. The molecule has 0 radical (unpaired) electrons. The van der Waals surface area contributed by atoms with E-state index in [1.54, 1.807) is 0 Å². The molecule has 4 nitrogen and oxygen atoms in total. The molecule has 0 heterocycles. The third-order valence-corrected chi connectivity index (χ3v) is 0. The summed E-state index contributed by atoms with van der Waals surface area (Å²) in [6.45, 7) is 0. The number of hydrogen-bond donors (Lipinski definition) is 4. The molecule has 0 spiro atoms. The zero-order valence-electron chi connectivity index (χ0n) is 3.16. The molecule has 12 N–H and O–H groups in total.